The van der Waals surface area contributed by atoms with Crippen LogP contribution in [0.15, 0.2) is 12.3 Å². The molecule has 0 aliphatic heterocycles. The summed E-state index contributed by atoms with van der Waals surface area (Å²) in [5.74, 6) is -1.55. The van der Waals surface area contributed by atoms with Crippen molar-refractivity contribution in [2.45, 2.75) is 33.6 Å². The zero-order valence-electron chi connectivity index (χ0n) is 14.9. The monoisotopic (exact) mass is 349 g/mol. The number of methoxy groups -OCH3 is 1. The number of nitriles is 1. The van der Waals surface area contributed by atoms with Crippen LogP contribution in [-0.2, 0) is 19.1 Å². The number of rotatable bonds is 8. The lowest BCUT2D eigenvalue weighted by molar-refractivity contribution is -0.145. The van der Waals surface area contributed by atoms with Crippen molar-refractivity contribution in [1.29, 1.82) is 5.26 Å². The Morgan fingerprint density at radius 2 is 2.04 bits per heavy atom. The predicted octanol–water partition coefficient (Wildman–Crippen LogP) is 1.61. The lowest BCUT2D eigenvalue weighted by Gasteiger charge is -2.26. The molecule has 1 aromatic heterocycles. The molecule has 0 radical (unpaired) electrons. The van der Waals surface area contributed by atoms with Crippen LogP contribution in [-0.4, -0.2) is 42.8 Å². The van der Waals surface area contributed by atoms with Gasteiger partial charge in [-0.2, -0.15) is 5.26 Å². The fourth-order valence-corrected chi connectivity index (χ4v) is 2.13. The molecular formula is C17H23N3O5. The van der Waals surface area contributed by atoms with E-state index < -0.39 is 24.3 Å². The van der Waals surface area contributed by atoms with E-state index in [0.717, 1.165) is 0 Å². The zero-order valence-corrected chi connectivity index (χ0v) is 14.9. The molecule has 0 saturated heterocycles. The third-order valence-electron chi connectivity index (χ3n) is 3.39. The van der Waals surface area contributed by atoms with Gasteiger partial charge < -0.3 is 9.47 Å². The Morgan fingerprint density at radius 3 is 2.56 bits per heavy atom. The second kappa shape index (κ2) is 9.47. The molecule has 0 atom stereocenters. The summed E-state index contributed by atoms with van der Waals surface area (Å²) in [6.45, 7) is 6.09. The molecule has 0 aromatic carbocycles. The molecule has 1 heterocycles. The fourth-order valence-electron chi connectivity index (χ4n) is 2.13. The molecule has 0 bridgehead atoms. The Balaban J connectivity index is 3.21. The normalized spacial score (nSPS) is 10.2. The molecule has 0 N–H and O–H groups in total. The summed E-state index contributed by atoms with van der Waals surface area (Å²) in [4.78, 5) is 36.2. The van der Waals surface area contributed by atoms with Crippen LogP contribution < -0.4 is 5.01 Å². The maximum Gasteiger partial charge on any atom is 0.356 e. The van der Waals surface area contributed by atoms with Crippen LogP contribution in [0.4, 0.5) is 0 Å². The van der Waals surface area contributed by atoms with E-state index in [2.05, 4.69) is 0 Å². The molecule has 0 aliphatic rings. The van der Waals surface area contributed by atoms with E-state index in [1.165, 1.54) is 29.1 Å². The highest BCUT2D eigenvalue weighted by molar-refractivity contribution is 6.00. The molecule has 0 unspecified atom stereocenters. The molecular weight excluding hydrogens is 326 g/mol. The quantitative estimate of drug-likeness (QED) is 0.522. The van der Waals surface area contributed by atoms with Crippen molar-refractivity contribution in [2.24, 2.45) is 5.92 Å². The summed E-state index contributed by atoms with van der Waals surface area (Å²) in [6.07, 6.45) is 1.57. The van der Waals surface area contributed by atoms with E-state index in [1.807, 2.05) is 19.9 Å². The lowest BCUT2D eigenvalue weighted by atomic mass is 10.1. The zero-order chi connectivity index (χ0) is 19.0. The van der Waals surface area contributed by atoms with E-state index >= 15 is 0 Å². The van der Waals surface area contributed by atoms with Crippen molar-refractivity contribution in [3.8, 4) is 6.07 Å². The SMILES string of the molecule is CCOC(=O)CC(=O)N(CCC(C)C)n1cc(C#N)cc1C(=O)OC. The standard InChI is InChI=1S/C17H23N3O5/c1-5-25-16(22)9-15(21)19(7-6-12(2)3)20-11-13(10-18)8-14(20)17(23)24-4/h8,11-12H,5-7,9H2,1-4H3. The fraction of sp³-hybridized carbons (Fsp3) is 0.529. The third kappa shape index (κ3) is 5.64. The molecule has 0 fully saturated rings. The number of hydrogen-bond acceptors (Lipinski definition) is 6. The minimum atomic E-state index is -0.681. The topological polar surface area (TPSA) is 102 Å². The first-order chi connectivity index (χ1) is 11.8. The highest BCUT2D eigenvalue weighted by atomic mass is 16.5. The number of hydrogen-bond donors (Lipinski definition) is 0. The number of carbonyl (C=O) groups excluding carboxylic acids is 3. The molecule has 0 saturated carbocycles. The average Bonchev–Trinajstić information content (AvgIpc) is 2.98. The van der Waals surface area contributed by atoms with E-state index in [-0.39, 0.29) is 24.4 Å². The van der Waals surface area contributed by atoms with Crippen LogP contribution >= 0.6 is 0 Å². The second-order valence-electron chi connectivity index (χ2n) is 5.74. The van der Waals surface area contributed by atoms with Crippen LogP contribution in [0.25, 0.3) is 0 Å². The number of carbonyl (C=O) groups is 3. The van der Waals surface area contributed by atoms with Gasteiger partial charge in [-0.25, -0.2) is 14.5 Å². The number of amides is 1. The van der Waals surface area contributed by atoms with Crippen molar-refractivity contribution < 1.29 is 23.9 Å². The van der Waals surface area contributed by atoms with Gasteiger partial charge in [0.25, 0.3) is 5.91 Å². The van der Waals surface area contributed by atoms with Gasteiger partial charge in [0.05, 0.1) is 19.3 Å². The van der Waals surface area contributed by atoms with Crippen molar-refractivity contribution in [2.75, 3.05) is 25.3 Å². The molecule has 8 heteroatoms. The Labute approximate surface area is 146 Å². The van der Waals surface area contributed by atoms with Crippen molar-refractivity contribution in [1.82, 2.24) is 4.68 Å². The van der Waals surface area contributed by atoms with Gasteiger partial charge in [0.15, 0.2) is 0 Å². The molecule has 8 nitrogen and oxygen atoms in total. The number of aromatic nitrogens is 1. The smallest absolute Gasteiger partial charge is 0.356 e. The first-order valence-corrected chi connectivity index (χ1v) is 8.01. The first-order valence-electron chi connectivity index (χ1n) is 8.01. The average molecular weight is 349 g/mol. The molecule has 0 aliphatic carbocycles. The lowest BCUT2D eigenvalue weighted by Crippen LogP contribution is -2.43. The van der Waals surface area contributed by atoms with Crippen molar-refractivity contribution >= 4 is 17.8 Å². The maximum absolute atomic E-state index is 12.6. The predicted molar refractivity (Wildman–Crippen MR) is 89.3 cm³/mol. The summed E-state index contributed by atoms with van der Waals surface area (Å²) >= 11 is 0. The Morgan fingerprint density at radius 1 is 1.36 bits per heavy atom. The minimum Gasteiger partial charge on any atom is -0.466 e. The van der Waals surface area contributed by atoms with Gasteiger partial charge in [-0.1, -0.05) is 13.8 Å². The summed E-state index contributed by atoms with van der Waals surface area (Å²) in [6, 6.07) is 3.27. The van der Waals surface area contributed by atoms with Crippen LogP contribution in [0.2, 0.25) is 0 Å². The van der Waals surface area contributed by atoms with E-state index in [9.17, 15) is 14.4 Å². The van der Waals surface area contributed by atoms with Gasteiger partial charge in [-0.15, -0.1) is 0 Å². The molecule has 1 rings (SSSR count). The van der Waals surface area contributed by atoms with E-state index in [1.54, 1.807) is 6.92 Å². The Kier molecular flexibility index (Phi) is 7.66. The highest BCUT2D eigenvalue weighted by Gasteiger charge is 2.25. The summed E-state index contributed by atoms with van der Waals surface area (Å²) in [7, 11) is 1.21. The van der Waals surface area contributed by atoms with Gasteiger partial charge in [-0.05, 0) is 25.3 Å². The molecule has 1 amide bonds. The number of esters is 2. The largest absolute Gasteiger partial charge is 0.466 e. The number of nitrogens with zero attached hydrogens (tertiary/aromatic N) is 3. The van der Waals surface area contributed by atoms with Gasteiger partial charge in [0.1, 0.15) is 18.2 Å². The third-order valence-corrected chi connectivity index (χ3v) is 3.39. The molecule has 1 aromatic rings. The minimum absolute atomic E-state index is 0.0417. The van der Waals surface area contributed by atoms with Crippen molar-refractivity contribution in [3.63, 3.8) is 0 Å². The second-order valence-corrected chi connectivity index (χ2v) is 5.74. The van der Waals surface area contributed by atoms with Gasteiger partial charge in [0, 0.05) is 12.7 Å². The van der Waals surface area contributed by atoms with E-state index in [0.29, 0.717) is 12.3 Å². The van der Waals surface area contributed by atoms with Gasteiger partial charge >= 0.3 is 11.9 Å². The van der Waals surface area contributed by atoms with E-state index in [4.69, 9.17) is 14.7 Å². The van der Waals surface area contributed by atoms with Crippen LogP contribution in [0.5, 0.6) is 0 Å². The summed E-state index contributed by atoms with van der Waals surface area (Å²) in [5, 5.41) is 10.4. The van der Waals surface area contributed by atoms with Crippen LogP contribution in [0.1, 0.15) is 49.7 Å². The Hall–Kier alpha value is -2.82. The van der Waals surface area contributed by atoms with Gasteiger partial charge in [-0.3, -0.25) is 9.59 Å². The molecule has 0 spiro atoms. The maximum atomic E-state index is 12.6. The first kappa shape index (κ1) is 20.2. The number of ether oxygens (including phenoxy) is 2. The summed E-state index contributed by atoms with van der Waals surface area (Å²) in [5.41, 5.74) is 0.249. The van der Waals surface area contributed by atoms with Crippen LogP contribution in [0, 0.1) is 17.2 Å². The Bertz CT molecular complexity index is 672. The van der Waals surface area contributed by atoms with Crippen LogP contribution in [0.3, 0.4) is 0 Å². The van der Waals surface area contributed by atoms with Crippen molar-refractivity contribution in [3.05, 3.63) is 23.5 Å². The molecule has 136 valence electrons. The summed E-state index contributed by atoms with van der Waals surface area (Å²) < 4.78 is 10.8. The highest BCUT2D eigenvalue weighted by Crippen LogP contribution is 2.13. The van der Waals surface area contributed by atoms with Gasteiger partial charge in [0.2, 0.25) is 0 Å². The molecule has 25 heavy (non-hydrogen) atoms.